The highest BCUT2D eigenvalue weighted by Crippen LogP contribution is 2.33. The molecule has 2 aliphatic rings. The fourth-order valence-corrected chi connectivity index (χ4v) is 3.69. The summed E-state index contributed by atoms with van der Waals surface area (Å²) < 4.78 is 14.7. The van der Waals surface area contributed by atoms with Crippen molar-refractivity contribution >= 4 is 11.9 Å². The second-order valence-corrected chi connectivity index (χ2v) is 6.48. The van der Waals surface area contributed by atoms with E-state index in [0.717, 1.165) is 0 Å². The Morgan fingerprint density at radius 2 is 1.92 bits per heavy atom. The van der Waals surface area contributed by atoms with E-state index < -0.39 is 12.0 Å². The van der Waals surface area contributed by atoms with Gasteiger partial charge in [-0.15, -0.1) is 10.2 Å². The average Bonchev–Trinajstić information content (AvgIpc) is 3.30. The lowest BCUT2D eigenvalue weighted by atomic mass is 10.1. The van der Waals surface area contributed by atoms with Crippen LogP contribution in [0.5, 0.6) is 0 Å². The molecule has 0 aliphatic carbocycles. The zero-order chi connectivity index (χ0) is 17.6. The number of amides is 1. The summed E-state index contributed by atoms with van der Waals surface area (Å²) in [4.78, 5) is 25.7. The molecule has 1 N–H and O–H groups in total. The number of aryl methyl sites for hydroxylation is 1. The Kier molecular flexibility index (Phi) is 3.74. The van der Waals surface area contributed by atoms with Gasteiger partial charge in [0.1, 0.15) is 23.5 Å². The molecule has 2 unspecified atom stereocenters. The third kappa shape index (κ3) is 2.67. The Bertz CT molecular complexity index is 833. The molecular formula is C17H17FN4O3. The Morgan fingerprint density at radius 3 is 2.64 bits per heavy atom. The van der Waals surface area contributed by atoms with Gasteiger partial charge in [0.2, 0.25) is 0 Å². The van der Waals surface area contributed by atoms with Crippen molar-refractivity contribution in [1.29, 1.82) is 0 Å². The lowest BCUT2D eigenvalue weighted by molar-refractivity contribution is -0.140. The second-order valence-electron chi connectivity index (χ2n) is 6.48. The average molecular weight is 344 g/mol. The highest BCUT2D eigenvalue weighted by Gasteiger charge is 2.37. The molecule has 2 atom stereocenters. The highest BCUT2D eigenvalue weighted by atomic mass is 19.1. The summed E-state index contributed by atoms with van der Waals surface area (Å²) in [6.07, 6.45) is 1.84. The number of aromatic nitrogens is 3. The number of carbonyl (C=O) groups is 2. The van der Waals surface area contributed by atoms with Crippen LogP contribution in [0, 0.1) is 5.82 Å². The Balaban J connectivity index is 1.53. The normalized spacial score (nSPS) is 22.2. The van der Waals surface area contributed by atoms with Crippen LogP contribution in [-0.4, -0.2) is 49.7 Å². The van der Waals surface area contributed by atoms with Crippen LogP contribution >= 0.6 is 0 Å². The molecule has 25 heavy (non-hydrogen) atoms. The van der Waals surface area contributed by atoms with Crippen molar-refractivity contribution in [2.24, 2.45) is 0 Å². The number of rotatable bonds is 3. The van der Waals surface area contributed by atoms with Crippen molar-refractivity contribution in [3.63, 3.8) is 0 Å². The van der Waals surface area contributed by atoms with Gasteiger partial charge in [-0.25, -0.2) is 9.18 Å². The molecule has 130 valence electrons. The number of aliphatic carboxylic acids is 1. The van der Waals surface area contributed by atoms with Crippen molar-refractivity contribution in [2.75, 3.05) is 13.1 Å². The van der Waals surface area contributed by atoms with Crippen LogP contribution in [0.25, 0.3) is 0 Å². The number of carboxylic acid groups (broad SMARTS) is 1. The van der Waals surface area contributed by atoms with E-state index in [1.807, 2.05) is 0 Å². The fraction of sp³-hybridized carbons (Fsp3) is 0.412. The van der Waals surface area contributed by atoms with Crippen LogP contribution in [0.1, 0.15) is 46.8 Å². The summed E-state index contributed by atoms with van der Waals surface area (Å²) >= 11 is 0. The second kappa shape index (κ2) is 5.94. The van der Waals surface area contributed by atoms with E-state index in [0.29, 0.717) is 49.6 Å². The molecule has 1 aromatic carbocycles. The molecule has 2 aliphatic heterocycles. The number of hydrogen-bond acceptors (Lipinski definition) is 4. The number of hydrogen-bond donors (Lipinski definition) is 1. The van der Waals surface area contributed by atoms with Gasteiger partial charge in [-0.1, -0.05) is 0 Å². The number of fused-ring (bicyclic) bond motifs is 1. The number of carbonyl (C=O) groups excluding carboxylic acids is 1. The summed E-state index contributed by atoms with van der Waals surface area (Å²) in [5, 5.41) is 17.7. The van der Waals surface area contributed by atoms with Crippen LogP contribution < -0.4 is 0 Å². The van der Waals surface area contributed by atoms with Gasteiger partial charge in [0, 0.05) is 31.0 Å². The molecule has 1 aromatic heterocycles. The summed E-state index contributed by atoms with van der Waals surface area (Å²) in [5.41, 5.74) is 0.442. The molecular weight excluding hydrogens is 327 g/mol. The topological polar surface area (TPSA) is 88.3 Å². The van der Waals surface area contributed by atoms with Gasteiger partial charge < -0.3 is 14.6 Å². The maximum Gasteiger partial charge on any atom is 0.326 e. The first kappa shape index (κ1) is 15.7. The summed E-state index contributed by atoms with van der Waals surface area (Å²) in [7, 11) is 0. The Labute approximate surface area is 143 Å². The monoisotopic (exact) mass is 344 g/mol. The van der Waals surface area contributed by atoms with E-state index >= 15 is 0 Å². The summed E-state index contributed by atoms with van der Waals surface area (Å²) in [6.45, 7) is 1.02. The fourth-order valence-electron chi connectivity index (χ4n) is 3.69. The van der Waals surface area contributed by atoms with E-state index in [9.17, 15) is 19.1 Å². The van der Waals surface area contributed by atoms with Crippen LogP contribution in [-0.2, 0) is 11.2 Å². The van der Waals surface area contributed by atoms with E-state index in [-0.39, 0.29) is 17.6 Å². The van der Waals surface area contributed by atoms with Gasteiger partial charge in [0.25, 0.3) is 5.91 Å². The number of nitrogens with zero attached hydrogens (tertiary/aromatic N) is 4. The molecule has 0 saturated carbocycles. The van der Waals surface area contributed by atoms with Crippen molar-refractivity contribution in [2.45, 2.75) is 31.2 Å². The Morgan fingerprint density at radius 1 is 1.16 bits per heavy atom. The molecule has 2 aromatic rings. The van der Waals surface area contributed by atoms with E-state index in [1.165, 1.54) is 24.3 Å². The van der Waals surface area contributed by atoms with Crippen LogP contribution in [0.4, 0.5) is 4.39 Å². The van der Waals surface area contributed by atoms with Crippen molar-refractivity contribution < 1.29 is 19.1 Å². The van der Waals surface area contributed by atoms with Gasteiger partial charge in [0.05, 0.1) is 0 Å². The number of carboxylic acids is 1. The molecule has 1 saturated heterocycles. The summed E-state index contributed by atoms with van der Waals surface area (Å²) in [6, 6.07) is 4.86. The SMILES string of the molecule is O=C(O)C1CCc2nnc(C3CCN(C(=O)c4ccc(F)cc4)C3)n21. The molecule has 0 spiro atoms. The standard InChI is InChI=1S/C17H17FN4O3/c18-12-3-1-10(2-4-12)16(23)21-8-7-11(9-21)15-20-19-14-6-5-13(17(24)25)22(14)15/h1-4,11,13H,5-9H2,(H,24,25). The van der Waals surface area contributed by atoms with E-state index in [4.69, 9.17) is 0 Å². The minimum absolute atomic E-state index is 0.0365. The van der Waals surface area contributed by atoms with Crippen molar-refractivity contribution in [3.8, 4) is 0 Å². The largest absolute Gasteiger partial charge is 0.480 e. The van der Waals surface area contributed by atoms with Gasteiger partial charge >= 0.3 is 5.97 Å². The first-order valence-electron chi connectivity index (χ1n) is 8.26. The van der Waals surface area contributed by atoms with Crippen molar-refractivity contribution in [3.05, 3.63) is 47.3 Å². The quantitative estimate of drug-likeness (QED) is 0.914. The van der Waals surface area contributed by atoms with Gasteiger partial charge in [-0.2, -0.15) is 0 Å². The first-order valence-corrected chi connectivity index (χ1v) is 8.26. The van der Waals surface area contributed by atoms with Crippen molar-refractivity contribution in [1.82, 2.24) is 19.7 Å². The third-order valence-electron chi connectivity index (χ3n) is 4.96. The van der Waals surface area contributed by atoms with Gasteiger partial charge in [-0.05, 0) is 37.1 Å². The molecule has 1 amide bonds. The Hall–Kier alpha value is -2.77. The smallest absolute Gasteiger partial charge is 0.326 e. The number of likely N-dealkylation sites (tertiary alicyclic amines) is 1. The van der Waals surface area contributed by atoms with Crippen LogP contribution in [0.3, 0.4) is 0 Å². The molecule has 7 nitrogen and oxygen atoms in total. The molecule has 1 fully saturated rings. The molecule has 4 rings (SSSR count). The van der Waals surface area contributed by atoms with E-state index in [1.54, 1.807) is 9.47 Å². The first-order chi connectivity index (χ1) is 12.0. The van der Waals surface area contributed by atoms with Gasteiger partial charge in [-0.3, -0.25) is 4.79 Å². The maximum absolute atomic E-state index is 13.0. The predicted molar refractivity (Wildman–Crippen MR) is 84.7 cm³/mol. The minimum Gasteiger partial charge on any atom is -0.480 e. The van der Waals surface area contributed by atoms with Crippen LogP contribution in [0.15, 0.2) is 24.3 Å². The van der Waals surface area contributed by atoms with Gasteiger partial charge in [0.15, 0.2) is 0 Å². The molecule has 8 heteroatoms. The number of benzene rings is 1. The van der Waals surface area contributed by atoms with Crippen LogP contribution in [0.2, 0.25) is 0 Å². The number of halogens is 1. The summed E-state index contributed by atoms with van der Waals surface area (Å²) in [5.74, 6) is -0.101. The molecule has 0 bridgehead atoms. The zero-order valence-electron chi connectivity index (χ0n) is 13.4. The predicted octanol–water partition coefficient (Wildman–Crippen LogP) is 1.62. The lowest BCUT2D eigenvalue weighted by Gasteiger charge is -2.17. The molecule has 3 heterocycles. The third-order valence-corrected chi connectivity index (χ3v) is 4.96. The minimum atomic E-state index is -0.878. The van der Waals surface area contributed by atoms with E-state index in [2.05, 4.69) is 10.2 Å². The lowest BCUT2D eigenvalue weighted by Crippen LogP contribution is -2.29. The zero-order valence-corrected chi connectivity index (χ0v) is 13.4. The molecule has 0 radical (unpaired) electrons. The highest BCUT2D eigenvalue weighted by molar-refractivity contribution is 5.94. The maximum atomic E-state index is 13.0.